The van der Waals surface area contributed by atoms with Gasteiger partial charge in [-0.25, -0.2) is 0 Å². The van der Waals surface area contributed by atoms with E-state index in [0.717, 1.165) is 43.2 Å². The molecule has 0 saturated carbocycles. The Morgan fingerprint density at radius 3 is 2.35 bits per heavy atom. The third-order valence-corrected chi connectivity index (χ3v) is 5.45. The van der Waals surface area contributed by atoms with Crippen LogP contribution in [-0.4, -0.2) is 44.2 Å². The number of carbonyl (C=O) groups excluding carboxylic acids is 1. The first-order valence-electron chi connectivity index (χ1n) is 10.6. The van der Waals surface area contributed by atoms with Gasteiger partial charge in [-0.1, -0.05) is 48.5 Å². The summed E-state index contributed by atoms with van der Waals surface area (Å²) in [5.41, 5.74) is 4.08. The molecule has 1 amide bonds. The van der Waals surface area contributed by atoms with Gasteiger partial charge in [0.2, 0.25) is 0 Å². The van der Waals surface area contributed by atoms with Crippen molar-refractivity contribution < 1.29 is 14.3 Å². The summed E-state index contributed by atoms with van der Waals surface area (Å²) in [5, 5.41) is 0. The minimum Gasteiger partial charge on any atom is -0.489 e. The van der Waals surface area contributed by atoms with Gasteiger partial charge in [0.15, 0.2) is 0 Å². The molecule has 3 aromatic rings. The van der Waals surface area contributed by atoms with Crippen molar-refractivity contribution in [1.29, 1.82) is 0 Å². The normalized spacial score (nSPS) is 13.6. The molecule has 1 aliphatic rings. The lowest BCUT2D eigenvalue weighted by Gasteiger charge is -2.31. The van der Waals surface area contributed by atoms with Crippen LogP contribution in [0.4, 0.5) is 5.69 Å². The van der Waals surface area contributed by atoms with Gasteiger partial charge in [0.25, 0.3) is 5.91 Å². The Balaban J connectivity index is 1.38. The van der Waals surface area contributed by atoms with Crippen molar-refractivity contribution >= 4 is 11.6 Å². The number of ether oxygens (including phenoxy) is 2. The molecule has 5 heteroatoms. The van der Waals surface area contributed by atoms with Crippen molar-refractivity contribution in [3.8, 4) is 5.75 Å². The van der Waals surface area contributed by atoms with E-state index in [1.807, 2.05) is 73.8 Å². The molecule has 160 valence electrons. The van der Waals surface area contributed by atoms with Crippen LogP contribution in [0.1, 0.15) is 21.5 Å². The molecule has 1 fully saturated rings. The zero-order valence-electron chi connectivity index (χ0n) is 17.9. The molecule has 31 heavy (non-hydrogen) atoms. The summed E-state index contributed by atoms with van der Waals surface area (Å²) in [6.45, 7) is 4.28. The van der Waals surface area contributed by atoms with Gasteiger partial charge in [-0.05, 0) is 41.5 Å². The highest BCUT2D eigenvalue weighted by molar-refractivity contribution is 5.94. The third kappa shape index (κ3) is 5.44. The molecule has 1 aliphatic heterocycles. The zero-order chi connectivity index (χ0) is 21.5. The summed E-state index contributed by atoms with van der Waals surface area (Å²) in [7, 11) is 1.85. The Kier molecular flexibility index (Phi) is 6.85. The fourth-order valence-corrected chi connectivity index (χ4v) is 3.74. The Hall–Kier alpha value is -3.31. The molecule has 0 aliphatic carbocycles. The number of benzene rings is 3. The molecule has 0 N–H and O–H groups in total. The number of anilines is 1. The van der Waals surface area contributed by atoms with E-state index in [1.54, 1.807) is 4.90 Å². The number of para-hydroxylation sites is 1. The van der Waals surface area contributed by atoms with E-state index >= 15 is 0 Å². The highest BCUT2D eigenvalue weighted by Crippen LogP contribution is 2.23. The second kappa shape index (κ2) is 10.1. The van der Waals surface area contributed by atoms with Gasteiger partial charge >= 0.3 is 0 Å². The Morgan fingerprint density at radius 2 is 1.61 bits per heavy atom. The van der Waals surface area contributed by atoms with Gasteiger partial charge in [-0.2, -0.15) is 0 Å². The van der Waals surface area contributed by atoms with Crippen LogP contribution in [0.2, 0.25) is 0 Å². The first-order valence-corrected chi connectivity index (χ1v) is 10.6. The average molecular weight is 417 g/mol. The summed E-state index contributed by atoms with van der Waals surface area (Å²) in [6, 6.07) is 25.7. The number of nitrogens with zero attached hydrogens (tertiary/aromatic N) is 2. The Morgan fingerprint density at radius 1 is 0.935 bits per heavy atom. The molecular weight excluding hydrogens is 388 g/mol. The molecule has 3 aromatic carbocycles. The lowest BCUT2D eigenvalue weighted by Crippen LogP contribution is -2.37. The second-order valence-electron chi connectivity index (χ2n) is 7.69. The van der Waals surface area contributed by atoms with E-state index in [1.165, 1.54) is 5.69 Å². The topological polar surface area (TPSA) is 42.0 Å². The van der Waals surface area contributed by atoms with Crippen molar-refractivity contribution in [2.24, 2.45) is 0 Å². The van der Waals surface area contributed by atoms with E-state index in [0.29, 0.717) is 18.7 Å². The zero-order valence-corrected chi connectivity index (χ0v) is 17.9. The maximum absolute atomic E-state index is 13.0. The molecule has 5 nitrogen and oxygen atoms in total. The predicted molar refractivity (Wildman–Crippen MR) is 122 cm³/mol. The number of carbonyl (C=O) groups is 1. The number of amides is 1. The number of hydrogen-bond donors (Lipinski definition) is 0. The summed E-state index contributed by atoms with van der Waals surface area (Å²) in [5.74, 6) is 0.743. The van der Waals surface area contributed by atoms with Crippen LogP contribution in [0, 0.1) is 0 Å². The SMILES string of the molecule is CN(Cc1ccccc1N1CCOCC1)C(=O)c1ccc(OCc2ccccc2)cc1. The predicted octanol–water partition coefficient (Wildman–Crippen LogP) is 4.37. The van der Waals surface area contributed by atoms with Gasteiger partial charge in [0.1, 0.15) is 12.4 Å². The smallest absolute Gasteiger partial charge is 0.253 e. The molecule has 1 saturated heterocycles. The van der Waals surface area contributed by atoms with Crippen LogP contribution in [0.15, 0.2) is 78.9 Å². The first kappa shape index (κ1) is 20.9. The number of morpholine rings is 1. The molecule has 0 radical (unpaired) electrons. The Labute approximate surface area is 183 Å². The van der Waals surface area contributed by atoms with Crippen LogP contribution in [-0.2, 0) is 17.9 Å². The molecule has 0 atom stereocenters. The van der Waals surface area contributed by atoms with Crippen LogP contribution in [0.5, 0.6) is 5.75 Å². The summed E-state index contributed by atoms with van der Waals surface area (Å²) in [4.78, 5) is 17.1. The molecule has 0 spiro atoms. The van der Waals surface area contributed by atoms with Crippen LogP contribution >= 0.6 is 0 Å². The highest BCUT2D eigenvalue weighted by atomic mass is 16.5. The van der Waals surface area contributed by atoms with E-state index in [4.69, 9.17) is 9.47 Å². The fraction of sp³-hybridized carbons (Fsp3) is 0.269. The van der Waals surface area contributed by atoms with Crippen LogP contribution < -0.4 is 9.64 Å². The summed E-state index contributed by atoms with van der Waals surface area (Å²) >= 11 is 0. The van der Waals surface area contributed by atoms with Crippen molar-refractivity contribution in [3.05, 3.63) is 95.6 Å². The van der Waals surface area contributed by atoms with E-state index in [2.05, 4.69) is 17.0 Å². The van der Waals surface area contributed by atoms with Crippen molar-refractivity contribution in [1.82, 2.24) is 4.90 Å². The first-order chi connectivity index (χ1) is 15.2. The lowest BCUT2D eigenvalue weighted by atomic mass is 10.1. The van der Waals surface area contributed by atoms with Crippen LogP contribution in [0.3, 0.4) is 0 Å². The van der Waals surface area contributed by atoms with Gasteiger partial charge in [0, 0.05) is 37.9 Å². The summed E-state index contributed by atoms with van der Waals surface area (Å²) < 4.78 is 11.3. The molecule has 0 unspecified atom stereocenters. The summed E-state index contributed by atoms with van der Waals surface area (Å²) in [6.07, 6.45) is 0. The van der Waals surface area contributed by atoms with Gasteiger partial charge < -0.3 is 19.3 Å². The average Bonchev–Trinajstić information content (AvgIpc) is 2.84. The fourth-order valence-electron chi connectivity index (χ4n) is 3.74. The number of hydrogen-bond acceptors (Lipinski definition) is 4. The number of rotatable bonds is 7. The monoisotopic (exact) mass is 416 g/mol. The lowest BCUT2D eigenvalue weighted by molar-refractivity contribution is 0.0785. The van der Waals surface area contributed by atoms with E-state index < -0.39 is 0 Å². The van der Waals surface area contributed by atoms with Crippen molar-refractivity contribution in [2.75, 3.05) is 38.3 Å². The molecule has 0 aromatic heterocycles. The van der Waals surface area contributed by atoms with Gasteiger partial charge in [-0.3, -0.25) is 4.79 Å². The minimum atomic E-state index is -0.00797. The quantitative estimate of drug-likeness (QED) is 0.573. The molecule has 4 rings (SSSR count). The largest absolute Gasteiger partial charge is 0.489 e. The van der Waals surface area contributed by atoms with E-state index in [-0.39, 0.29) is 5.91 Å². The van der Waals surface area contributed by atoms with Crippen LogP contribution in [0.25, 0.3) is 0 Å². The van der Waals surface area contributed by atoms with Gasteiger partial charge in [-0.15, -0.1) is 0 Å². The molecular formula is C26H28N2O3. The maximum atomic E-state index is 13.0. The highest BCUT2D eigenvalue weighted by Gasteiger charge is 2.18. The second-order valence-corrected chi connectivity index (χ2v) is 7.69. The van der Waals surface area contributed by atoms with Crippen molar-refractivity contribution in [2.45, 2.75) is 13.2 Å². The Bertz CT molecular complexity index is 983. The third-order valence-electron chi connectivity index (χ3n) is 5.45. The maximum Gasteiger partial charge on any atom is 0.253 e. The molecule has 0 bridgehead atoms. The minimum absolute atomic E-state index is 0.00797. The molecule has 1 heterocycles. The standard InChI is InChI=1S/C26H28N2O3/c1-27(19-23-9-5-6-10-25(23)28-15-17-30-18-16-28)26(29)22-11-13-24(14-12-22)31-20-21-7-3-2-4-8-21/h2-14H,15-20H2,1H3. The van der Waals surface area contributed by atoms with E-state index in [9.17, 15) is 4.79 Å². The van der Waals surface area contributed by atoms with Crippen molar-refractivity contribution in [3.63, 3.8) is 0 Å². The van der Waals surface area contributed by atoms with Gasteiger partial charge in [0.05, 0.1) is 13.2 Å².